The van der Waals surface area contributed by atoms with Crippen molar-refractivity contribution in [1.29, 1.82) is 0 Å². The minimum atomic E-state index is -0.217. The third-order valence-corrected chi connectivity index (χ3v) is 3.20. The highest BCUT2D eigenvalue weighted by Gasteiger charge is 2.13. The Balaban J connectivity index is 2.30. The van der Waals surface area contributed by atoms with Gasteiger partial charge in [0.15, 0.2) is 0 Å². The summed E-state index contributed by atoms with van der Waals surface area (Å²) in [5.74, 6) is -0.217. The van der Waals surface area contributed by atoms with Crippen LogP contribution in [0.1, 0.15) is 21.7 Å². The first-order valence-corrected chi connectivity index (χ1v) is 6.62. The van der Waals surface area contributed by atoms with Crippen LogP contribution in [0.4, 0.5) is 11.4 Å². The summed E-state index contributed by atoms with van der Waals surface area (Å²) >= 11 is 5.95. The number of carbonyl (C=O) groups excluding carboxylic acids is 1. The summed E-state index contributed by atoms with van der Waals surface area (Å²) in [5, 5.41) is 6.35. The van der Waals surface area contributed by atoms with E-state index in [9.17, 15) is 4.79 Å². The molecule has 0 spiro atoms. The highest BCUT2D eigenvalue weighted by Crippen LogP contribution is 2.22. The Hall–Kier alpha value is -2.07. The smallest absolute Gasteiger partial charge is 0.257 e. The van der Waals surface area contributed by atoms with Crippen LogP contribution >= 0.6 is 11.6 Å². The quantitative estimate of drug-likeness (QED) is 0.907. The number of anilines is 2. The zero-order chi connectivity index (χ0) is 14.7. The van der Waals surface area contributed by atoms with E-state index in [2.05, 4.69) is 15.6 Å². The summed E-state index contributed by atoms with van der Waals surface area (Å²) in [4.78, 5) is 16.7. The Morgan fingerprint density at radius 2 is 1.85 bits per heavy atom. The Bertz CT molecular complexity index is 656. The molecule has 2 N–H and O–H groups in total. The topological polar surface area (TPSA) is 54.0 Å². The van der Waals surface area contributed by atoms with Gasteiger partial charge < -0.3 is 10.6 Å². The first-order valence-electron chi connectivity index (χ1n) is 6.24. The van der Waals surface area contributed by atoms with Gasteiger partial charge in [-0.2, -0.15) is 0 Å². The Labute approximate surface area is 123 Å². The van der Waals surface area contributed by atoms with Gasteiger partial charge in [0, 0.05) is 23.5 Å². The molecule has 1 aromatic heterocycles. The van der Waals surface area contributed by atoms with Crippen LogP contribution in [0.25, 0.3) is 0 Å². The highest BCUT2D eigenvalue weighted by molar-refractivity contribution is 6.31. The fourth-order valence-corrected chi connectivity index (χ4v) is 2.10. The third kappa shape index (κ3) is 3.08. The number of benzene rings is 1. The fraction of sp³-hybridized carbons (Fsp3) is 0.200. The minimum Gasteiger partial charge on any atom is -0.387 e. The van der Waals surface area contributed by atoms with E-state index in [1.165, 1.54) is 0 Å². The maximum Gasteiger partial charge on any atom is 0.257 e. The van der Waals surface area contributed by atoms with Crippen molar-refractivity contribution in [3.05, 3.63) is 52.3 Å². The highest BCUT2D eigenvalue weighted by atomic mass is 35.5. The lowest BCUT2D eigenvalue weighted by atomic mass is 10.1. The second-order valence-electron chi connectivity index (χ2n) is 4.48. The van der Waals surface area contributed by atoms with Gasteiger partial charge in [-0.3, -0.25) is 9.78 Å². The van der Waals surface area contributed by atoms with Crippen molar-refractivity contribution in [2.75, 3.05) is 17.7 Å². The molecule has 0 radical (unpaired) electrons. The normalized spacial score (nSPS) is 10.2. The number of hydrogen-bond donors (Lipinski definition) is 2. The molecule has 0 unspecified atom stereocenters. The largest absolute Gasteiger partial charge is 0.387 e. The van der Waals surface area contributed by atoms with Crippen molar-refractivity contribution in [2.24, 2.45) is 0 Å². The number of rotatable bonds is 3. The van der Waals surface area contributed by atoms with Crippen molar-refractivity contribution in [3.8, 4) is 0 Å². The zero-order valence-electron chi connectivity index (χ0n) is 11.6. The average Bonchev–Trinajstić information content (AvgIpc) is 2.41. The molecule has 20 heavy (non-hydrogen) atoms. The molecule has 0 atom stereocenters. The van der Waals surface area contributed by atoms with Gasteiger partial charge in [-0.1, -0.05) is 11.6 Å². The van der Waals surface area contributed by atoms with Gasteiger partial charge in [0.2, 0.25) is 0 Å². The lowest BCUT2D eigenvalue weighted by molar-refractivity contribution is 0.102. The molecule has 0 bridgehead atoms. The number of halogens is 1. The van der Waals surface area contributed by atoms with E-state index in [-0.39, 0.29) is 5.91 Å². The summed E-state index contributed by atoms with van der Waals surface area (Å²) in [6.07, 6.45) is 0. The van der Waals surface area contributed by atoms with Crippen LogP contribution in [0.3, 0.4) is 0 Å². The molecule has 0 aliphatic heterocycles. The van der Waals surface area contributed by atoms with Crippen LogP contribution in [0.5, 0.6) is 0 Å². The van der Waals surface area contributed by atoms with Crippen LogP contribution in [0.15, 0.2) is 30.3 Å². The maximum atomic E-state index is 12.3. The predicted octanol–water partition coefficient (Wildman–Crippen LogP) is 3.65. The van der Waals surface area contributed by atoms with Gasteiger partial charge in [-0.15, -0.1) is 0 Å². The molecule has 1 amide bonds. The fourth-order valence-electron chi connectivity index (χ4n) is 1.93. The number of carbonyl (C=O) groups is 1. The number of pyridine rings is 1. The molecular formula is C15H16ClN3O. The molecule has 0 aliphatic carbocycles. The van der Waals surface area contributed by atoms with E-state index < -0.39 is 0 Å². The average molecular weight is 290 g/mol. The lowest BCUT2D eigenvalue weighted by Gasteiger charge is -2.12. The zero-order valence-corrected chi connectivity index (χ0v) is 12.4. The minimum absolute atomic E-state index is 0.217. The van der Waals surface area contributed by atoms with Crippen molar-refractivity contribution in [1.82, 2.24) is 4.98 Å². The van der Waals surface area contributed by atoms with E-state index in [4.69, 9.17) is 11.6 Å². The molecule has 104 valence electrons. The second-order valence-corrected chi connectivity index (χ2v) is 4.92. The second kappa shape index (κ2) is 5.92. The SMILES string of the molecule is CNc1ccc(Cl)cc1C(=O)Nc1ccc(C)nc1C. The molecule has 0 fully saturated rings. The molecule has 2 rings (SSSR count). The van der Waals surface area contributed by atoms with E-state index in [0.717, 1.165) is 17.1 Å². The van der Waals surface area contributed by atoms with E-state index in [1.54, 1.807) is 25.2 Å². The molecule has 0 saturated heterocycles. The number of aryl methyl sites for hydroxylation is 2. The molecule has 4 nitrogen and oxygen atoms in total. The Morgan fingerprint density at radius 1 is 1.15 bits per heavy atom. The predicted molar refractivity (Wildman–Crippen MR) is 82.7 cm³/mol. The Kier molecular flexibility index (Phi) is 4.25. The molecule has 5 heteroatoms. The van der Waals surface area contributed by atoms with Gasteiger partial charge in [0.05, 0.1) is 16.9 Å². The first kappa shape index (κ1) is 14.3. The van der Waals surface area contributed by atoms with Gasteiger partial charge in [-0.25, -0.2) is 0 Å². The van der Waals surface area contributed by atoms with Crippen molar-refractivity contribution < 1.29 is 4.79 Å². The first-order chi connectivity index (χ1) is 9.51. The van der Waals surface area contributed by atoms with Crippen LogP contribution in [0.2, 0.25) is 5.02 Å². The van der Waals surface area contributed by atoms with Gasteiger partial charge >= 0.3 is 0 Å². The molecule has 1 aromatic carbocycles. The molecule has 1 heterocycles. The lowest BCUT2D eigenvalue weighted by Crippen LogP contribution is -2.15. The summed E-state index contributed by atoms with van der Waals surface area (Å²) in [7, 11) is 1.76. The summed E-state index contributed by atoms with van der Waals surface area (Å²) in [6, 6.07) is 8.86. The monoisotopic (exact) mass is 289 g/mol. The van der Waals surface area contributed by atoms with Gasteiger partial charge in [0.25, 0.3) is 5.91 Å². The maximum absolute atomic E-state index is 12.3. The molecule has 2 aromatic rings. The summed E-state index contributed by atoms with van der Waals surface area (Å²) < 4.78 is 0. The van der Waals surface area contributed by atoms with Crippen molar-refractivity contribution >= 4 is 28.9 Å². The number of aromatic nitrogens is 1. The summed E-state index contributed by atoms with van der Waals surface area (Å²) in [6.45, 7) is 3.77. The van der Waals surface area contributed by atoms with Crippen molar-refractivity contribution in [2.45, 2.75) is 13.8 Å². The number of nitrogens with one attached hydrogen (secondary N) is 2. The van der Waals surface area contributed by atoms with Crippen LogP contribution < -0.4 is 10.6 Å². The number of nitrogens with zero attached hydrogens (tertiary/aromatic N) is 1. The van der Waals surface area contributed by atoms with Crippen LogP contribution in [-0.2, 0) is 0 Å². The molecule has 0 aliphatic rings. The van der Waals surface area contributed by atoms with Gasteiger partial charge in [-0.05, 0) is 44.2 Å². The van der Waals surface area contributed by atoms with Crippen LogP contribution in [-0.4, -0.2) is 17.9 Å². The van der Waals surface area contributed by atoms with Gasteiger partial charge in [0.1, 0.15) is 0 Å². The number of hydrogen-bond acceptors (Lipinski definition) is 3. The molecular weight excluding hydrogens is 274 g/mol. The molecule has 0 saturated carbocycles. The standard InChI is InChI=1S/C15H16ClN3O/c1-9-4-6-13(10(2)18-9)19-15(20)12-8-11(16)5-7-14(12)17-3/h4-8,17H,1-3H3,(H,19,20). The van der Waals surface area contributed by atoms with Crippen molar-refractivity contribution in [3.63, 3.8) is 0 Å². The van der Waals surface area contributed by atoms with E-state index >= 15 is 0 Å². The number of amides is 1. The summed E-state index contributed by atoms with van der Waals surface area (Å²) in [5.41, 5.74) is 3.62. The Morgan fingerprint density at radius 3 is 2.50 bits per heavy atom. The third-order valence-electron chi connectivity index (χ3n) is 2.97. The van der Waals surface area contributed by atoms with Crippen LogP contribution in [0, 0.1) is 13.8 Å². The van der Waals surface area contributed by atoms with E-state index in [0.29, 0.717) is 16.3 Å². The van der Waals surface area contributed by atoms with E-state index in [1.807, 2.05) is 26.0 Å².